The minimum atomic E-state index is -3.91. The molecule has 1 heterocycles. The van der Waals surface area contributed by atoms with E-state index in [1.54, 1.807) is 19.1 Å². The second kappa shape index (κ2) is 8.52. The predicted octanol–water partition coefficient (Wildman–Crippen LogP) is 0.315. The topological polar surface area (TPSA) is 105 Å². The summed E-state index contributed by atoms with van der Waals surface area (Å²) in [6.45, 7) is 1.87. The molecule has 1 aromatic carbocycles. The molecule has 0 spiro atoms. The number of hydrogen-bond donors (Lipinski definition) is 3. The van der Waals surface area contributed by atoms with Crippen LogP contribution in [0.25, 0.3) is 0 Å². The number of nitrogens with one attached hydrogen (secondary N) is 2. The van der Waals surface area contributed by atoms with Crippen LogP contribution >= 0.6 is 0 Å². The number of rotatable bonds is 7. The van der Waals surface area contributed by atoms with Gasteiger partial charge < -0.3 is 15.2 Å². The lowest BCUT2D eigenvalue weighted by Crippen LogP contribution is -2.49. The van der Waals surface area contributed by atoms with Crippen LogP contribution in [0.2, 0.25) is 0 Å². The van der Waals surface area contributed by atoms with Crippen molar-refractivity contribution in [2.45, 2.75) is 36.5 Å². The van der Waals surface area contributed by atoms with Crippen molar-refractivity contribution >= 4 is 15.9 Å². The number of hydrogen-bond acceptors (Lipinski definition) is 5. The molecule has 7 nitrogen and oxygen atoms in total. The van der Waals surface area contributed by atoms with Crippen LogP contribution < -0.4 is 10.0 Å². The number of aliphatic hydroxyl groups is 1. The highest BCUT2D eigenvalue weighted by molar-refractivity contribution is 7.89. The van der Waals surface area contributed by atoms with Crippen LogP contribution in [0.5, 0.6) is 0 Å². The number of carbonyl (C=O) groups is 1. The molecule has 1 aromatic rings. The van der Waals surface area contributed by atoms with Crippen molar-refractivity contribution in [1.82, 2.24) is 10.0 Å². The lowest BCUT2D eigenvalue weighted by atomic mass is 10.1. The molecule has 0 unspecified atom stereocenters. The van der Waals surface area contributed by atoms with Gasteiger partial charge >= 0.3 is 0 Å². The summed E-state index contributed by atoms with van der Waals surface area (Å²) < 4.78 is 45.6. The Labute approximate surface area is 145 Å². The average Bonchev–Trinajstić information content (AvgIpc) is 2.56. The zero-order chi connectivity index (χ0) is 18.4. The van der Waals surface area contributed by atoms with E-state index in [0.717, 1.165) is 24.3 Å². The van der Waals surface area contributed by atoms with Gasteiger partial charge in [-0.15, -0.1) is 0 Å². The van der Waals surface area contributed by atoms with Crippen molar-refractivity contribution < 1.29 is 27.4 Å². The zero-order valence-electron chi connectivity index (χ0n) is 13.7. The summed E-state index contributed by atoms with van der Waals surface area (Å²) in [7, 11) is -3.91. The van der Waals surface area contributed by atoms with Crippen molar-refractivity contribution in [3.05, 3.63) is 42.2 Å². The van der Waals surface area contributed by atoms with E-state index in [4.69, 9.17) is 4.74 Å². The number of sulfonamides is 1. The smallest absolute Gasteiger partial charge is 0.241 e. The van der Waals surface area contributed by atoms with Gasteiger partial charge in [-0.3, -0.25) is 4.79 Å². The number of carbonyl (C=O) groups excluding carboxylic acids is 1. The minimum absolute atomic E-state index is 0.0816. The Morgan fingerprint density at radius 2 is 1.96 bits per heavy atom. The van der Waals surface area contributed by atoms with Crippen molar-refractivity contribution in [2.24, 2.45) is 0 Å². The van der Waals surface area contributed by atoms with Gasteiger partial charge in [0, 0.05) is 6.54 Å². The van der Waals surface area contributed by atoms with Gasteiger partial charge in [0.1, 0.15) is 11.9 Å². The molecule has 0 saturated carbocycles. The van der Waals surface area contributed by atoms with Gasteiger partial charge in [0.05, 0.1) is 30.1 Å². The Bertz CT molecular complexity index is 721. The molecule has 0 saturated heterocycles. The van der Waals surface area contributed by atoms with Crippen molar-refractivity contribution in [2.75, 3.05) is 13.2 Å². The predicted molar refractivity (Wildman–Crippen MR) is 88.7 cm³/mol. The minimum Gasteiger partial charge on any atom is -0.394 e. The van der Waals surface area contributed by atoms with Crippen LogP contribution in [0.3, 0.4) is 0 Å². The molecule has 0 aliphatic carbocycles. The standard InChI is InChI=1S/C16H21FN2O5S/c1-2-18-16(21)9-12-5-8-14(15(10-20)24-12)19-25(22,23)13-6-3-11(17)4-7-13/h3-8,12,14-15,19-20H,2,9-10H2,1H3,(H,18,21)/t12-,14+,15+/m0/s1. The van der Waals surface area contributed by atoms with Gasteiger partial charge in [0.25, 0.3) is 0 Å². The van der Waals surface area contributed by atoms with E-state index in [9.17, 15) is 22.7 Å². The van der Waals surface area contributed by atoms with Crippen LogP contribution in [0, 0.1) is 5.82 Å². The summed E-state index contributed by atoms with van der Waals surface area (Å²) in [6, 6.07) is 3.60. The second-order valence-corrected chi connectivity index (χ2v) is 7.25. The fourth-order valence-electron chi connectivity index (χ4n) is 2.42. The Morgan fingerprint density at radius 1 is 1.28 bits per heavy atom. The van der Waals surface area contributed by atoms with Crippen molar-refractivity contribution in [1.29, 1.82) is 0 Å². The molecule has 0 fully saturated rings. The molecule has 1 amide bonds. The molecule has 9 heteroatoms. The highest BCUT2D eigenvalue weighted by Gasteiger charge is 2.31. The molecule has 1 aliphatic heterocycles. The van der Waals surface area contributed by atoms with Crippen LogP contribution in [0.15, 0.2) is 41.3 Å². The molecule has 0 aromatic heterocycles. The fraction of sp³-hybridized carbons (Fsp3) is 0.438. The van der Waals surface area contributed by atoms with Crippen LogP contribution in [-0.4, -0.2) is 50.8 Å². The molecule has 2 rings (SSSR count). The Kier molecular flexibility index (Phi) is 6.65. The van der Waals surface area contributed by atoms with Crippen LogP contribution in [0.4, 0.5) is 4.39 Å². The summed E-state index contributed by atoms with van der Waals surface area (Å²) in [5.41, 5.74) is 0. The molecule has 3 N–H and O–H groups in total. The van der Waals surface area contributed by atoms with Crippen molar-refractivity contribution in [3.8, 4) is 0 Å². The molecule has 3 atom stereocenters. The number of halogens is 1. The molecular formula is C16H21FN2O5S. The number of aliphatic hydroxyl groups excluding tert-OH is 1. The molecule has 138 valence electrons. The highest BCUT2D eigenvalue weighted by atomic mass is 32.2. The number of amides is 1. The molecule has 0 radical (unpaired) electrons. The van der Waals surface area contributed by atoms with E-state index in [1.165, 1.54) is 0 Å². The first kappa shape index (κ1) is 19.5. The van der Waals surface area contributed by atoms with E-state index < -0.39 is 40.7 Å². The first-order valence-electron chi connectivity index (χ1n) is 7.85. The summed E-state index contributed by atoms with van der Waals surface area (Å²) in [4.78, 5) is 11.5. The third kappa shape index (κ3) is 5.33. The van der Waals surface area contributed by atoms with Gasteiger partial charge in [-0.1, -0.05) is 12.2 Å². The first-order valence-corrected chi connectivity index (χ1v) is 9.33. The number of benzene rings is 1. The Balaban J connectivity index is 2.08. The lowest BCUT2D eigenvalue weighted by Gasteiger charge is -2.31. The fourth-order valence-corrected chi connectivity index (χ4v) is 3.64. The Morgan fingerprint density at radius 3 is 2.56 bits per heavy atom. The normalized spacial score (nSPS) is 23.4. The van der Waals surface area contributed by atoms with Gasteiger partial charge in [-0.25, -0.2) is 17.5 Å². The third-order valence-corrected chi connectivity index (χ3v) is 5.11. The van der Waals surface area contributed by atoms with E-state index in [2.05, 4.69) is 10.0 Å². The summed E-state index contributed by atoms with van der Waals surface area (Å²) >= 11 is 0. The largest absolute Gasteiger partial charge is 0.394 e. The SMILES string of the molecule is CCNC(=O)C[C@@H]1C=C[C@@H](NS(=O)(=O)c2ccc(F)cc2)[C@@H](CO)O1. The van der Waals surface area contributed by atoms with Gasteiger partial charge in [0.2, 0.25) is 15.9 Å². The zero-order valence-corrected chi connectivity index (χ0v) is 14.5. The monoisotopic (exact) mass is 372 g/mol. The van der Waals surface area contributed by atoms with E-state index in [-0.39, 0.29) is 17.2 Å². The molecular weight excluding hydrogens is 351 g/mol. The average molecular weight is 372 g/mol. The van der Waals surface area contributed by atoms with E-state index >= 15 is 0 Å². The molecule has 1 aliphatic rings. The first-order chi connectivity index (χ1) is 11.9. The summed E-state index contributed by atoms with van der Waals surface area (Å²) in [5, 5.41) is 12.1. The van der Waals surface area contributed by atoms with Crippen LogP contribution in [-0.2, 0) is 19.6 Å². The molecule has 0 bridgehead atoms. The maximum absolute atomic E-state index is 12.9. The van der Waals surface area contributed by atoms with Crippen molar-refractivity contribution in [3.63, 3.8) is 0 Å². The van der Waals surface area contributed by atoms with Gasteiger partial charge in [0.15, 0.2) is 0 Å². The highest BCUT2D eigenvalue weighted by Crippen LogP contribution is 2.18. The second-order valence-electron chi connectivity index (χ2n) is 5.54. The summed E-state index contributed by atoms with van der Waals surface area (Å²) in [6.07, 6.45) is 1.84. The maximum atomic E-state index is 12.9. The quantitative estimate of drug-likeness (QED) is 0.598. The van der Waals surface area contributed by atoms with E-state index in [1.807, 2.05) is 0 Å². The maximum Gasteiger partial charge on any atom is 0.241 e. The Hall–Kier alpha value is -1.81. The van der Waals surface area contributed by atoms with Gasteiger partial charge in [-0.2, -0.15) is 0 Å². The van der Waals surface area contributed by atoms with Gasteiger partial charge in [-0.05, 0) is 31.2 Å². The lowest BCUT2D eigenvalue weighted by molar-refractivity contribution is -0.125. The van der Waals surface area contributed by atoms with Crippen LogP contribution in [0.1, 0.15) is 13.3 Å². The van der Waals surface area contributed by atoms with E-state index in [0.29, 0.717) is 6.54 Å². The third-order valence-electron chi connectivity index (χ3n) is 3.64. The molecule has 25 heavy (non-hydrogen) atoms. The summed E-state index contributed by atoms with van der Waals surface area (Å²) in [5.74, 6) is -0.736. The number of ether oxygens (including phenoxy) is 1.